The first-order chi connectivity index (χ1) is 7.94. The van der Waals surface area contributed by atoms with Gasteiger partial charge < -0.3 is 10.2 Å². The summed E-state index contributed by atoms with van der Waals surface area (Å²) < 4.78 is 0. The molecule has 4 nitrogen and oxygen atoms in total. The number of hydrogen-bond donors (Lipinski definition) is 1. The van der Waals surface area contributed by atoms with Crippen molar-refractivity contribution in [1.82, 2.24) is 10.2 Å². The third kappa shape index (κ3) is 2.05. The summed E-state index contributed by atoms with van der Waals surface area (Å²) in [6.45, 7) is 9.77. The van der Waals surface area contributed by atoms with Crippen molar-refractivity contribution in [2.45, 2.75) is 71.5 Å². The van der Waals surface area contributed by atoms with Crippen LogP contribution in [0.15, 0.2) is 0 Å². The highest BCUT2D eigenvalue weighted by Crippen LogP contribution is 2.31. The van der Waals surface area contributed by atoms with Crippen LogP contribution < -0.4 is 5.32 Å². The Hall–Kier alpha value is -1.06. The zero-order chi connectivity index (χ0) is 13.2. The summed E-state index contributed by atoms with van der Waals surface area (Å²) in [5, 5.41) is 2.80. The van der Waals surface area contributed by atoms with Crippen LogP contribution in [0.3, 0.4) is 0 Å². The molecule has 0 bridgehead atoms. The normalized spacial score (nSPS) is 25.7. The molecule has 1 heterocycles. The van der Waals surface area contributed by atoms with Crippen LogP contribution in [0, 0.1) is 0 Å². The van der Waals surface area contributed by atoms with E-state index in [0.29, 0.717) is 12.8 Å². The van der Waals surface area contributed by atoms with E-state index in [0.717, 1.165) is 6.42 Å². The molecular formula is C13H24N2O2. The zero-order valence-corrected chi connectivity index (χ0v) is 11.5. The van der Waals surface area contributed by atoms with Crippen molar-refractivity contribution in [3.05, 3.63) is 0 Å². The van der Waals surface area contributed by atoms with E-state index in [9.17, 15) is 9.59 Å². The van der Waals surface area contributed by atoms with E-state index in [-0.39, 0.29) is 17.9 Å². The average Bonchev–Trinajstić information content (AvgIpc) is 2.33. The van der Waals surface area contributed by atoms with E-state index < -0.39 is 11.6 Å². The number of nitrogens with one attached hydrogen (secondary N) is 1. The largest absolute Gasteiger partial charge is 0.343 e. The number of piperazine rings is 1. The molecule has 1 saturated heterocycles. The molecule has 1 N–H and O–H groups in total. The summed E-state index contributed by atoms with van der Waals surface area (Å²) in [6, 6.07) is -0.293. The van der Waals surface area contributed by atoms with Crippen molar-refractivity contribution in [2.75, 3.05) is 0 Å². The predicted octanol–water partition coefficient (Wildman–Crippen LogP) is 1.69. The number of carbonyl (C=O) groups excluding carboxylic acids is 2. The second-order valence-electron chi connectivity index (χ2n) is 4.90. The van der Waals surface area contributed by atoms with Gasteiger partial charge in [0.2, 0.25) is 11.8 Å². The van der Waals surface area contributed by atoms with Crippen LogP contribution in [0.5, 0.6) is 0 Å². The summed E-state index contributed by atoms with van der Waals surface area (Å²) in [5.74, 6) is 0.0394. The molecule has 2 unspecified atom stereocenters. The van der Waals surface area contributed by atoms with Gasteiger partial charge in [-0.25, -0.2) is 0 Å². The highest BCUT2D eigenvalue weighted by Gasteiger charge is 2.50. The van der Waals surface area contributed by atoms with Gasteiger partial charge >= 0.3 is 0 Å². The first-order valence-electron chi connectivity index (χ1n) is 6.58. The first kappa shape index (κ1) is 14.0. The molecule has 98 valence electrons. The van der Waals surface area contributed by atoms with Crippen molar-refractivity contribution in [3.63, 3.8) is 0 Å². The van der Waals surface area contributed by atoms with E-state index in [1.807, 2.05) is 32.6 Å². The number of rotatable bonds is 4. The Morgan fingerprint density at radius 3 is 2.24 bits per heavy atom. The smallest absolute Gasteiger partial charge is 0.246 e. The lowest BCUT2D eigenvalue weighted by atomic mass is 9.84. The van der Waals surface area contributed by atoms with E-state index in [1.165, 1.54) is 0 Å². The number of amides is 2. The highest BCUT2D eigenvalue weighted by molar-refractivity contribution is 5.99. The van der Waals surface area contributed by atoms with E-state index >= 15 is 0 Å². The Balaban J connectivity index is 3.21. The highest BCUT2D eigenvalue weighted by atomic mass is 16.2. The molecule has 1 aliphatic rings. The maximum absolute atomic E-state index is 12.3. The maximum Gasteiger partial charge on any atom is 0.246 e. The molecular weight excluding hydrogens is 216 g/mol. The molecule has 1 aliphatic heterocycles. The maximum atomic E-state index is 12.3. The van der Waals surface area contributed by atoms with Crippen LogP contribution in [0.4, 0.5) is 0 Å². The molecule has 0 spiro atoms. The fourth-order valence-electron chi connectivity index (χ4n) is 2.66. The van der Waals surface area contributed by atoms with Gasteiger partial charge in [0.15, 0.2) is 0 Å². The van der Waals surface area contributed by atoms with Gasteiger partial charge in [-0.3, -0.25) is 9.59 Å². The number of carbonyl (C=O) groups is 2. The third-order valence-corrected chi connectivity index (χ3v) is 4.04. The van der Waals surface area contributed by atoms with Crippen molar-refractivity contribution < 1.29 is 9.59 Å². The Morgan fingerprint density at radius 1 is 1.29 bits per heavy atom. The number of hydrogen-bond acceptors (Lipinski definition) is 2. The third-order valence-electron chi connectivity index (χ3n) is 4.04. The monoisotopic (exact) mass is 240 g/mol. The van der Waals surface area contributed by atoms with Gasteiger partial charge in [0.25, 0.3) is 0 Å². The molecule has 0 aromatic heterocycles. The van der Waals surface area contributed by atoms with Crippen molar-refractivity contribution in [2.24, 2.45) is 0 Å². The van der Waals surface area contributed by atoms with Crippen LogP contribution in [-0.4, -0.2) is 34.3 Å². The molecule has 1 fully saturated rings. The van der Waals surface area contributed by atoms with E-state index in [1.54, 1.807) is 6.92 Å². The molecule has 1 rings (SSSR count). The minimum Gasteiger partial charge on any atom is -0.343 e. The lowest BCUT2D eigenvalue weighted by molar-refractivity contribution is -0.161. The summed E-state index contributed by atoms with van der Waals surface area (Å²) >= 11 is 0. The van der Waals surface area contributed by atoms with Gasteiger partial charge in [-0.05, 0) is 33.1 Å². The lowest BCUT2D eigenvalue weighted by Crippen LogP contribution is -2.71. The van der Waals surface area contributed by atoms with Gasteiger partial charge in [-0.2, -0.15) is 0 Å². The Morgan fingerprint density at radius 2 is 1.82 bits per heavy atom. The van der Waals surface area contributed by atoms with Crippen LogP contribution in [0.2, 0.25) is 0 Å². The molecule has 4 heteroatoms. The first-order valence-corrected chi connectivity index (χ1v) is 6.58. The average molecular weight is 240 g/mol. The minimum absolute atomic E-state index is 0.00472. The summed E-state index contributed by atoms with van der Waals surface area (Å²) in [7, 11) is 0. The molecule has 0 saturated carbocycles. The van der Waals surface area contributed by atoms with Gasteiger partial charge in [0.1, 0.15) is 11.6 Å². The molecule has 2 atom stereocenters. The number of nitrogens with zero attached hydrogens (tertiary/aromatic N) is 1. The Kier molecular flexibility index (Phi) is 4.17. The molecule has 2 amide bonds. The van der Waals surface area contributed by atoms with Gasteiger partial charge in [-0.1, -0.05) is 20.8 Å². The topological polar surface area (TPSA) is 49.4 Å². The predicted molar refractivity (Wildman–Crippen MR) is 67.5 cm³/mol. The Labute approximate surface area is 104 Å². The molecule has 0 radical (unpaired) electrons. The van der Waals surface area contributed by atoms with E-state index in [2.05, 4.69) is 5.32 Å². The van der Waals surface area contributed by atoms with Crippen molar-refractivity contribution in [1.29, 1.82) is 0 Å². The SMILES string of the molecule is CCC(C)N1C(=O)C(C)NC(=O)C1(CC)CC. The molecule has 0 aromatic carbocycles. The fourth-order valence-corrected chi connectivity index (χ4v) is 2.66. The zero-order valence-electron chi connectivity index (χ0n) is 11.5. The van der Waals surface area contributed by atoms with Crippen molar-refractivity contribution in [3.8, 4) is 0 Å². The van der Waals surface area contributed by atoms with Crippen LogP contribution in [0.25, 0.3) is 0 Å². The Bertz CT molecular complexity index is 311. The molecule has 0 aliphatic carbocycles. The standard InChI is InChI=1S/C13H24N2O2/c1-6-9(4)15-11(16)10(5)14-12(17)13(15,7-2)8-3/h9-10H,6-8H2,1-5H3,(H,14,17). The van der Waals surface area contributed by atoms with Crippen molar-refractivity contribution >= 4 is 11.8 Å². The molecule has 17 heavy (non-hydrogen) atoms. The fraction of sp³-hybridized carbons (Fsp3) is 0.846. The quantitative estimate of drug-likeness (QED) is 0.813. The second-order valence-corrected chi connectivity index (χ2v) is 4.90. The van der Waals surface area contributed by atoms with Gasteiger partial charge in [0, 0.05) is 6.04 Å². The summed E-state index contributed by atoms with van der Waals surface area (Å²) in [5.41, 5.74) is -0.654. The van der Waals surface area contributed by atoms with Gasteiger partial charge in [0.05, 0.1) is 0 Å². The van der Waals surface area contributed by atoms with Crippen LogP contribution in [0.1, 0.15) is 53.9 Å². The van der Waals surface area contributed by atoms with E-state index in [4.69, 9.17) is 0 Å². The minimum atomic E-state index is -0.654. The van der Waals surface area contributed by atoms with Crippen LogP contribution >= 0.6 is 0 Å². The molecule has 0 aromatic rings. The van der Waals surface area contributed by atoms with Crippen LogP contribution in [-0.2, 0) is 9.59 Å². The summed E-state index contributed by atoms with van der Waals surface area (Å²) in [6.07, 6.45) is 2.20. The lowest BCUT2D eigenvalue weighted by Gasteiger charge is -2.49. The second kappa shape index (κ2) is 5.07. The summed E-state index contributed by atoms with van der Waals surface area (Å²) in [4.78, 5) is 26.4. The van der Waals surface area contributed by atoms with Gasteiger partial charge in [-0.15, -0.1) is 0 Å².